The van der Waals surface area contributed by atoms with Crippen molar-refractivity contribution in [3.63, 3.8) is 0 Å². The number of hydrogen-bond acceptors (Lipinski definition) is 7. The summed E-state index contributed by atoms with van der Waals surface area (Å²) < 4.78 is 16.0. The van der Waals surface area contributed by atoms with Crippen molar-refractivity contribution in [2.45, 2.75) is 0 Å². The lowest BCUT2D eigenvalue weighted by Gasteiger charge is -2.02. The molecule has 0 atom stereocenters. The zero-order valence-electron chi connectivity index (χ0n) is 15.2. The molecule has 0 aliphatic heterocycles. The Labute approximate surface area is 167 Å². The number of thiazole rings is 1. The van der Waals surface area contributed by atoms with Gasteiger partial charge in [0, 0.05) is 16.8 Å². The van der Waals surface area contributed by atoms with Crippen LogP contribution in [0.5, 0.6) is 5.75 Å². The molecule has 0 aliphatic rings. The molecule has 3 aromatic heterocycles. The second-order valence-corrected chi connectivity index (χ2v) is 7.23. The molecule has 0 saturated heterocycles. The Morgan fingerprint density at radius 2 is 1.79 bits per heavy atom. The van der Waals surface area contributed by atoms with E-state index in [2.05, 4.69) is 4.98 Å². The zero-order chi connectivity index (χ0) is 20.0. The molecule has 0 N–H and O–H groups in total. The van der Waals surface area contributed by atoms with E-state index in [4.69, 9.17) is 13.6 Å². The molecule has 0 saturated carbocycles. The molecule has 2 aromatic carbocycles. The van der Waals surface area contributed by atoms with Crippen LogP contribution in [0.15, 0.2) is 78.4 Å². The summed E-state index contributed by atoms with van der Waals surface area (Å²) in [7, 11) is 1.55. The van der Waals surface area contributed by atoms with Crippen LogP contribution in [0.4, 0.5) is 0 Å². The number of rotatable bonds is 3. The normalized spacial score (nSPS) is 11.2. The van der Waals surface area contributed by atoms with Crippen LogP contribution in [0.2, 0.25) is 0 Å². The van der Waals surface area contributed by atoms with E-state index in [1.165, 1.54) is 11.3 Å². The number of aromatic nitrogens is 1. The topological polar surface area (TPSA) is 82.5 Å². The van der Waals surface area contributed by atoms with E-state index in [9.17, 15) is 9.59 Å². The van der Waals surface area contributed by atoms with E-state index in [-0.39, 0.29) is 0 Å². The first-order valence-corrected chi connectivity index (χ1v) is 9.61. The molecule has 0 amide bonds. The Hall–Kier alpha value is -3.71. The van der Waals surface area contributed by atoms with Gasteiger partial charge in [-0.2, -0.15) is 0 Å². The van der Waals surface area contributed by atoms with E-state index >= 15 is 0 Å². The van der Waals surface area contributed by atoms with Gasteiger partial charge in [0.05, 0.1) is 18.1 Å². The van der Waals surface area contributed by atoms with Crippen molar-refractivity contribution >= 4 is 33.1 Å². The Bertz CT molecular complexity index is 1490. The summed E-state index contributed by atoms with van der Waals surface area (Å²) in [6, 6.07) is 16.0. The molecule has 0 aliphatic carbocycles. The first-order valence-electron chi connectivity index (χ1n) is 8.73. The fourth-order valence-electron chi connectivity index (χ4n) is 3.14. The van der Waals surface area contributed by atoms with Crippen LogP contribution in [0.1, 0.15) is 0 Å². The molecule has 3 heterocycles. The predicted octanol–water partition coefficient (Wildman–Crippen LogP) is 4.70. The standard InChI is InChI=1S/C22H13NO5S/c1-26-14-7-6-13-8-16(22(25)27-18(13)10-14)20-23-17(11-29-20)19-9-12-4-2-3-5-15(12)21(24)28-19/h2-11H,1H3. The van der Waals surface area contributed by atoms with Crippen LogP contribution in [-0.4, -0.2) is 12.1 Å². The van der Waals surface area contributed by atoms with Gasteiger partial charge in [-0.1, -0.05) is 18.2 Å². The highest BCUT2D eigenvalue weighted by Gasteiger charge is 2.15. The van der Waals surface area contributed by atoms with Gasteiger partial charge in [-0.05, 0) is 35.7 Å². The number of hydrogen-bond donors (Lipinski definition) is 0. The van der Waals surface area contributed by atoms with Crippen molar-refractivity contribution in [2.75, 3.05) is 7.11 Å². The van der Waals surface area contributed by atoms with Crippen LogP contribution >= 0.6 is 11.3 Å². The summed E-state index contributed by atoms with van der Waals surface area (Å²) in [4.78, 5) is 29.2. The van der Waals surface area contributed by atoms with Crippen LogP contribution in [0.3, 0.4) is 0 Å². The molecular formula is C22H13NO5S. The average molecular weight is 403 g/mol. The molecule has 0 bridgehead atoms. The molecular weight excluding hydrogens is 390 g/mol. The SMILES string of the molecule is COc1ccc2cc(-c3nc(-c4cc5ccccc5c(=O)o4)cs3)c(=O)oc2c1. The predicted molar refractivity (Wildman–Crippen MR) is 112 cm³/mol. The van der Waals surface area contributed by atoms with E-state index < -0.39 is 11.3 Å². The maximum atomic E-state index is 12.5. The Morgan fingerprint density at radius 1 is 0.931 bits per heavy atom. The molecule has 0 spiro atoms. The van der Waals surface area contributed by atoms with Gasteiger partial charge in [-0.25, -0.2) is 14.6 Å². The van der Waals surface area contributed by atoms with Gasteiger partial charge in [0.1, 0.15) is 22.0 Å². The van der Waals surface area contributed by atoms with Gasteiger partial charge in [0.25, 0.3) is 0 Å². The minimum atomic E-state index is -0.494. The van der Waals surface area contributed by atoms with E-state index in [1.54, 1.807) is 48.9 Å². The van der Waals surface area contributed by atoms with Crippen molar-refractivity contribution in [2.24, 2.45) is 0 Å². The van der Waals surface area contributed by atoms with E-state index in [1.807, 2.05) is 18.2 Å². The minimum absolute atomic E-state index is 0.349. The van der Waals surface area contributed by atoms with Gasteiger partial charge in [-0.3, -0.25) is 0 Å². The molecule has 142 valence electrons. The van der Waals surface area contributed by atoms with Crippen LogP contribution < -0.4 is 16.0 Å². The Kier molecular flexibility index (Phi) is 4.03. The molecule has 29 heavy (non-hydrogen) atoms. The third kappa shape index (κ3) is 3.01. The molecule has 0 fully saturated rings. The number of methoxy groups -OCH3 is 1. The molecule has 6 nitrogen and oxygen atoms in total. The van der Waals surface area contributed by atoms with Gasteiger partial charge in [0.2, 0.25) is 0 Å². The van der Waals surface area contributed by atoms with Gasteiger partial charge in [0.15, 0.2) is 5.76 Å². The second-order valence-electron chi connectivity index (χ2n) is 6.37. The smallest absolute Gasteiger partial charge is 0.346 e. The van der Waals surface area contributed by atoms with Crippen LogP contribution in [-0.2, 0) is 0 Å². The van der Waals surface area contributed by atoms with E-state index in [0.29, 0.717) is 38.7 Å². The summed E-state index contributed by atoms with van der Waals surface area (Å²) in [5.41, 5.74) is 0.359. The number of fused-ring (bicyclic) bond motifs is 2. The Morgan fingerprint density at radius 3 is 2.66 bits per heavy atom. The Balaban J connectivity index is 1.61. The highest BCUT2D eigenvalue weighted by molar-refractivity contribution is 7.13. The summed E-state index contributed by atoms with van der Waals surface area (Å²) >= 11 is 1.28. The number of benzene rings is 2. The van der Waals surface area contributed by atoms with Crippen molar-refractivity contribution in [1.82, 2.24) is 4.98 Å². The number of ether oxygens (including phenoxy) is 1. The van der Waals surface area contributed by atoms with Crippen molar-refractivity contribution in [3.05, 3.63) is 80.8 Å². The highest BCUT2D eigenvalue weighted by Crippen LogP contribution is 2.30. The second kappa shape index (κ2) is 6.72. The molecule has 5 rings (SSSR count). The van der Waals surface area contributed by atoms with Crippen molar-refractivity contribution in [1.29, 1.82) is 0 Å². The third-order valence-corrected chi connectivity index (χ3v) is 5.48. The van der Waals surface area contributed by atoms with E-state index in [0.717, 1.165) is 10.8 Å². The summed E-state index contributed by atoms with van der Waals surface area (Å²) in [5.74, 6) is 0.961. The van der Waals surface area contributed by atoms with Gasteiger partial charge in [-0.15, -0.1) is 11.3 Å². The zero-order valence-corrected chi connectivity index (χ0v) is 16.0. The lowest BCUT2D eigenvalue weighted by atomic mass is 10.1. The highest BCUT2D eigenvalue weighted by atomic mass is 32.1. The lowest BCUT2D eigenvalue weighted by Crippen LogP contribution is -2.03. The summed E-state index contributed by atoms with van der Waals surface area (Å²) in [5, 5.41) is 4.28. The van der Waals surface area contributed by atoms with Crippen molar-refractivity contribution < 1.29 is 13.6 Å². The minimum Gasteiger partial charge on any atom is -0.497 e. The first kappa shape index (κ1) is 17.4. The average Bonchev–Trinajstić information content (AvgIpc) is 3.23. The number of nitrogens with zero attached hydrogens (tertiary/aromatic N) is 1. The maximum Gasteiger partial charge on any atom is 0.346 e. The molecule has 0 unspecified atom stereocenters. The fraction of sp³-hybridized carbons (Fsp3) is 0.0455. The third-order valence-electron chi connectivity index (χ3n) is 4.60. The largest absolute Gasteiger partial charge is 0.497 e. The molecule has 5 aromatic rings. The summed E-state index contributed by atoms with van der Waals surface area (Å²) in [6.07, 6.45) is 0. The summed E-state index contributed by atoms with van der Waals surface area (Å²) in [6.45, 7) is 0. The van der Waals surface area contributed by atoms with Crippen molar-refractivity contribution in [3.8, 4) is 27.8 Å². The monoisotopic (exact) mass is 403 g/mol. The van der Waals surface area contributed by atoms with Gasteiger partial charge < -0.3 is 13.6 Å². The molecule has 0 radical (unpaired) electrons. The molecule has 7 heteroatoms. The lowest BCUT2D eigenvalue weighted by molar-refractivity contribution is 0.414. The van der Waals surface area contributed by atoms with Crippen LogP contribution in [0.25, 0.3) is 43.8 Å². The maximum absolute atomic E-state index is 12.5. The van der Waals surface area contributed by atoms with Crippen LogP contribution in [0, 0.1) is 0 Å². The van der Waals surface area contributed by atoms with Gasteiger partial charge >= 0.3 is 11.3 Å². The fourth-order valence-corrected chi connectivity index (χ4v) is 3.95. The quantitative estimate of drug-likeness (QED) is 0.406. The first-order chi connectivity index (χ1) is 14.1.